The summed E-state index contributed by atoms with van der Waals surface area (Å²) < 4.78 is 5.70. The molecule has 6 heteroatoms. The van der Waals surface area contributed by atoms with Crippen molar-refractivity contribution in [1.82, 2.24) is 4.98 Å². The average molecular weight is 385 g/mol. The Kier molecular flexibility index (Phi) is 4.91. The molecular weight excluding hydrogens is 368 g/mol. The van der Waals surface area contributed by atoms with Gasteiger partial charge in [0.15, 0.2) is 5.13 Å². The zero-order chi connectivity index (χ0) is 17.9. The Morgan fingerprint density at radius 3 is 2.88 bits per heavy atom. The van der Waals surface area contributed by atoms with E-state index in [-0.39, 0.29) is 11.8 Å². The molecule has 1 aliphatic heterocycles. The fraction of sp³-hybridized carbons (Fsp3) is 0.200. The number of para-hydroxylation sites is 1. The van der Waals surface area contributed by atoms with Gasteiger partial charge in [-0.25, -0.2) is 4.98 Å². The van der Waals surface area contributed by atoms with E-state index in [4.69, 9.17) is 16.3 Å². The molecule has 4 nitrogen and oxygen atoms in total. The van der Waals surface area contributed by atoms with Crippen LogP contribution in [0.2, 0.25) is 5.02 Å². The molecule has 0 saturated carbocycles. The molecule has 2 aromatic carbocycles. The highest BCUT2D eigenvalue weighted by molar-refractivity contribution is 7.15. The van der Waals surface area contributed by atoms with Gasteiger partial charge in [-0.05, 0) is 35.7 Å². The number of hydrogen-bond acceptors (Lipinski definition) is 4. The molecule has 3 aromatic rings. The third-order valence-corrected chi connectivity index (χ3v) is 5.49. The minimum absolute atomic E-state index is 0.0492. The van der Waals surface area contributed by atoms with E-state index < -0.39 is 0 Å². The Bertz CT molecular complexity index is 924. The molecule has 0 spiro atoms. The van der Waals surface area contributed by atoms with Gasteiger partial charge in [-0.3, -0.25) is 4.79 Å². The van der Waals surface area contributed by atoms with Gasteiger partial charge in [0, 0.05) is 22.5 Å². The second kappa shape index (κ2) is 7.48. The average Bonchev–Trinajstić information content (AvgIpc) is 3.10. The van der Waals surface area contributed by atoms with E-state index in [0.717, 1.165) is 33.2 Å². The van der Waals surface area contributed by atoms with E-state index in [0.29, 0.717) is 18.2 Å². The maximum atomic E-state index is 12.5. The van der Waals surface area contributed by atoms with Crippen LogP contribution >= 0.6 is 22.9 Å². The standard InChI is InChI=1S/C20H17ClN2O2S/c21-16-7-5-13(6-8-16)9-17-11-22-20(26-17)23-19(24)15-10-14-3-1-2-4-18(14)25-12-15/h1-8,11,15H,9-10,12H2,(H,22,23,24). The molecular formula is C20H17ClN2O2S. The number of carbonyl (C=O) groups is 1. The Morgan fingerprint density at radius 2 is 2.04 bits per heavy atom. The Labute approximate surface area is 160 Å². The first kappa shape index (κ1) is 17.1. The van der Waals surface area contributed by atoms with Crippen LogP contribution < -0.4 is 10.1 Å². The molecule has 132 valence electrons. The second-order valence-corrected chi connectivity index (χ2v) is 7.80. The van der Waals surface area contributed by atoms with Crippen LogP contribution in [0.15, 0.2) is 54.7 Å². The Morgan fingerprint density at radius 1 is 1.23 bits per heavy atom. The number of thiazole rings is 1. The third-order valence-electron chi connectivity index (χ3n) is 4.33. The molecule has 0 bridgehead atoms. The summed E-state index contributed by atoms with van der Waals surface area (Å²) in [6, 6.07) is 15.6. The third kappa shape index (κ3) is 3.89. The summed E-state index contributed by atoms with van der Waals surface area (Å²) in [5.74, 6) is 0.622. The number of hydrogen-bond donors (Lipinski definition) is 1. The van der Waals surface area contributed by atoms with E-state index in [9.17, 15) is 4.79 Å². The first-order valence-corrected chi connectivity index (χ1v) is 9.57. The number of aromatic nitrogens is 1. The summed E-state index contributed by atoms with van der Waals surface area (Å²) in [5.41, 5.74) is 2.23. The maximum Gasteiger partial charge on any atom is 0.233 e. The van der Waals surface area contributed by atoms with Crippen molar-refractivity contribution in [3.05, 3.63) is 75.8 Å². The van der Waals surface area contributed by atoms with Crippen LogP contribution in [0.1, 0.15) is 16.0 Å². The van der Waals surface area contributed by atoms with Crippen LogP contribution in [0, 0.1) is 5.92 Å². The molecule has 0 radical (unpaired) electrons. The van der Waals surface area contributed by atoms with E-state index in [2.05, 4.69) is 10.3 Å². The summed E-state index contributed by atoms with van der Waals surface area (Å²) in [4.78, 5) is 18.0. The van der Waals surface area contributed by atoms with Crippen molar-refractivity contribution < 1.29 is 9.53 Å². The number of rotatable bonds is 4. The molecule has 26 heavy (non-hydrogen) atoms. The van der Waals surface area contributed by atoms with Gasteiger partial charge >= 0.3 is 0 Å². The predicted octanol–water partition coefficient (Wildman–Crippen LogP) is 4.58. The van der Waals surface area contributed by atoms with Crippen molar-refractivity contribution in [3.8, 4) is 5.75 Å². The lowest BCUT2D eigenvalue weighted by atomic mass is 9.96. The zero-order valence-corrected chi connectivity index (χ0v) is 15.5. The van der Waals surface area contributed by atoms with Crippen molar-refractivity contribution in [2.24, 2.45) is 5.92 Å². The number of nitrogens with zero attached hydrogens (tertiary/aromatic N) is 1. The van der Waals surface area contributed by atoms with Gasteiger partial charge in [0.2, 0.25) is 5.91 Å². The number of anilines is 1. The van der Waals surface area contributed by atoms with Crippen LogP contribution in [-0.2, 0) is 17.6 Å². The van der Waals surface area contributed by atoms with Crippen LogP contribution in [0.3, 0.4) is 0 Å². The predicted molar refractivity (Wildman–Crippen MR) is 104 cm³/mol. The molecule has 2 heterocycles. The maximum absolute atomic E-state index is 12.5. The Balaban J connectivity index is 1.38. The van der Waals surface area contributed by atoms with Crippen molar-refractivity contribution >= 4 is 34.0 Å². The highest BCUT2D eigenvalue weighted by Crippen LogP contribution is 2.28. The van der Waals surface area contributed by atoms with Gasteiger partial charge in [0.1, 0.15) is 12.4 Å². The smallest absolute Gasteiger partial charge is 0.233 e. The van der Waals surface area contributed by atoms with Crippen molar-refractivity contribution in [2.75, 3.05) is 11.9 Å². The van der Waals surface area contributed by atoms with Crippen molar-refractivity contribution in [2.45, 2.75) is 12.8 Å². The molecule has 0 aliphatic carbocycles. The number of carbonyl (C=O) groups excluding carboxylic acids is 1. The SMILES string of the molecule is O=C(Nc1ncc(Cc2ccc(Cl)cc2)s1)C1COc2ccccc2C1. The van der Waals surface area contributed by atoms with Crippen molar-refractivity contribution in [3.63, 3.8) is 0 Å². The summed E-state index contributed by atoms with van der Waals surface area (Å²) in [5, 5.41) is 4.27. The normalized spacial score (nSPS) is 15.8. The monoisotopic (exact) mass is 384 g/mol. The molecule has 1 aliphatic rings. The zero-order valence-electron chi connectivity index (χ0n) is 13.9. The van der Waals surface area contributed by atoms with E-state index in [1.807, 2.05) is 54.7 Å². The summed E-state index contributed by atoms with van der Waals surface area (Å²) in [6.07, 6.45) is 3.26. The van der Waals surface area contributed by atoms with Gasteiger partial charge in [0.25, 0.3) is 0 Å². The highest BCUT2D eigenvalue weighted by Gasteiger charge is 2.26. The lowest BCUT2D eigenvalue weighted by Crippen LogP contribution is -2.32. The minimum Gasteiger partial charge on any atom is -0.492 e. The van der Waals surface area contributed by atoms with Crippen LogP contribution in [0.5, 0.6) is 5.75 Å². The van der Waals surface area contributed by atoms with Crippen LogP contribution in [-0.4, -0.2) is 17.5 Å². The molecule has 1 amide bonds. The molecule has 0 saturated heterocycles. The number of benzene rings is 2. The number of ether oxygens (including phenoxy) is 1. The second-order valence-electron chi connectivity index (χ2n) is 6.24. The minimum atomic E-state index is -0.200. The Hall–Kier alpha value is -2.37. The van der Waals surface area contributed by atoms with Gasteiger partial charge in [-0.2, -0.15) is 0 Å². The highest BCUT2D eigenvalue weighted by atomic mass is 35.5. The number of nitrogens with one attached hydrogen (secondary N) is 1. The molecule has 1 aromatic heterocycles. The number of amides is 1. The lowest BCUT2D eigenvalue weighted by Gasteiger charge is -2.24. The van der Waals surface area contributed by atoms with Gasteiger partial charge in [-0.1, -0.05) is 41.9 Å². The molecule has 1 N–H and O–H groups in total. The van der Waals surface area contributed by atoms with Crippen molar-refractivity contribution in [1.29, 1.82) is 0 Å². The topological polar surface area (TPSA) is 51.2 Å². The van der Waals surface area contributed by atoms with Gasteiger partial charge in [0.05, 0.1) is 5.92 Å². The largest absolute Gasteiger partial charge is 0.492 e. The van der Waals surface area contributed by atoms with E-state index >= 15 is 0 Å². The number of halogens is 1. The summed E-state index contributed by atoms with van der Waals surface area (Å²) >= 11 is 7.41. The molecule has 1 unspecified atom stereocenters. The van der Waals surface area contributed by atoms with Crippen LogP contribution in [0.25, 0.3) is 0 Å². The van der Waals surface area contributed by atoms with Gasteiger partial charge < -0.3 is 10.1 Å². The summed E-state index contributed by atoms with van der Waals surface area (Å²) in [7, 11) is 0. The molecule has 1 atom stereocenters. The van der Waals surface area contributed by atoms with E-state index in [1.54, 1.807) is 0 Å². The van der Waals surface area contributed by atoms with E-state index in [1.165, 1.54) is 11.3 Å². The molecule has 4 rings (SSSR count). The number of fused-ring (bicyclic) bond motifs is 1. The van der Waals surface area contributed by atoms with Gasteiger partial charge in [-0.15, -0.1) is 11.3 Å². The lowest BCUT2D eigenvalue weighted by molar-refractivity contribution is -0.121. The molecule has 0 fully saturated rings. The first-order chi connectivity index (χ1) is 12.7. The van der Waals surface area contributed by atoms with Crippen LogP contribution in [0.4, 0.5) is 5.13 Å². The fourth-order valence-electron chi connectivity index (χ4n) is 2.95. The quantitative estimate of drug-likeness (QED) is 0.716. The first-order valence-electron chi connectivity index (χ1n) is 8.38. The fourth-order valence-corrected chi connectivity index (χ4v) is 3.93. The summed E-state index contributed by atoms with van der Waals surface area (Å²) in [6.45, 7) is 0.395.